The number of esters is 1. The van der Waals surface area contributed by atoms with E-state index < -0.39 is 26.1 Å². The minimum atomic E-state index is -1.39. The highest BCUT2D eigenvalue weighted by Crippen LogP contribution is 2.34. The predicted octanol–water partition coefficient (Wildman–Crippen LogP) is 1.87. The van der Waals surface area contributed by atoms with Crippen molar-refractivity contribution in [3.05, 3.63) is 29.3 Å². The van der Waals surface area contributed by atoms with Gasteiger partial charge in [0.05, 0.1) is 11.9 Å². The third-order valence-corrected chi connectivity index (χ3v) is 4.99. The molecule has 0 radical (unpaired) electrons. The molecule has 3 N–H and O–H groups in total. The maximum absolute atomic E-state index is 11.9. The number of ether oxygens (including phenoxy) is 2. The van der Waals surface area contributed by atoms with Gasteiger partial charge in [-0.25, -0.2) is 0 Å². The molecule has 0 fully saturated rings. The van der Waals surface area contributed by atoms with Gasteiger partial charge in [-0.05, 0) is 31.2 Å². The van der Waals surface area contributed by atoms with E-state index >= 15 is 0 Å². The fourth-order valence-corrected chi connectivity index (χ4v) is 3.26. The van der Waals surface area contributed by atoms with Crippen molar-refractivity contribution in [1.82, 2.24) is 5.32 Å². The zero-order chi connectivity index (χ0) is 21.4. The van der Waals surface area contributed by atoms with Crippen molar-refractivity contribution in [3.8, 4) is 5.75 Å². The molecule has 0 saturated carbocycles. The molecule has 1 heterocycles. The molecule has 1 aromatic rings. The zero-order valence-corrected chi connectivity index (χ0v) is 17.2. The largest absolute Gasteiger partial charge is 0.547 e. The van der Waals surface area contributed by atoms with E-state index in [4.69, 9.17) is 14.1 Å². The number of amides is 1. The number of carbonyl (C=O) groups is 2. The Morgan fingerprint density at radius 2 is 2.03 bits per heavy atom. The van der Waals surface area contributed by atoms with Crippen LogP contribution < -0.4 is 9.97 Å². The van der Waals surface area contributed by atoms with Crippen LogP contribution in [0.2, 0.25) is 0 Å². The average Bonchev–Trinajstić information content (AvgIpc) is 2.69. The molecule has 1 aliphatic rings. The Morgan fingerprint density at radius 3 is 2.69 bits per heavy atom. The maximum Gasteiger partial charge on any atom is 0.547 e. The summed E-state index contributed by atoms with van der Waals surface area (Å²) in [6, 6.07) is 5.13. The first-order chi connectivity index (χ1) is 13.9. The summed E-state index contributed by atoms with van der Waals surface area (Å²) in [5.41, 5.74) is 1.05. The van der Waals surface area contributed by atoms with Gasteiger partial charge in [0.1, 0.15) is 5.75 Å². The van der Waals surface area contributed by atoms with Gasteiger partial charge in [-0.3, -0.25) is 9.59 Å². The zero-order valence-electron chi connectivity index (χ0n) is 17.2. The summed E-state index contributed by atoms with van der Waals surface area (Å²) in [5.74, 6) is -0.980. The summed E-state index contributed by atoms with van der Waals surface area (Å²) in [6.45, 7) is 5.32. The first kappa shape index (κ1) is 23.2. The number of hydrogen-bond acceptors (Lipinski definition) is 7. The van der Waals surface area contributed by atoms with E-state index in [-0.39, 0.29) is 17.8 Å². The van der Waals surface area contributed by atoms with Gasteiger partial charge in [0, 0.05) is 12.0 Å². The number of nitrogens with one attached hydrogen (secondary N) is 1. The van der Waals surface area contributed by atoms with Gasteiger partial charge in [0.15, 0.2) is 13.1 Å². The summed E-state index contributed by atoms with van der Waals surface area (Å²) in [5, 5.41) is 23.4. The molecular formula is C20H30BNO7. The van der Waals surface area contributed by atoms with E-state index in [1.54, 1.807) is 18.2 Å². The molecule has 8 nitrogen and oxygen atoms in total. The quantitative estimate of drug-likeness (QED) is 0.308. The van der Waals surface area contributed by atoms with Crippen molar-refractivity contribution in [2.75, 3.05) is 6.79 Å². The van der Waals surface area contributed by atoms with E-state index in [2.05, 4.69) is 5.32 Å². The number of hydrogen-bond donors (Lipinski definition) is 3. The molecule has 1 aromatic carbocycles. The molecule has 2 rings (SSSR count). The number of benzene rings is 1. The minimum Gasteiger partial charge on any atom is -0.534 e. The summed E-state index contributed by atoms with van der Waals surface area (Å²) in [7, 11) is -1.25. The average molecular weight is 407 g/mol. The Morgan fingerprint density at radius 1 is 1.31 bits per heavy atom. The number of para-hydroxylation sites is 1. The van der Waals surface area contributed by atoms with Crippen LogP contribution in [0.1, 0.15) is 63.9 Å². The lowest BCUT2D eigenvalue weighted by Crippen LogP contribution is -2.53. The topological polar surface area (TPSA) is 114 Å². The Hall–Kier alpha value is -2.10. The molecular weight excluding hydrogens is 377 g/mol. The Balaban J connectivity index is 2.00. The summed E-state index contributed by atoms with van der Waals surface area (Å²) in [4.78, 5) is 23.7. The van der Waals surface area contributed by atoms with Crippen LogP contribution in [0.5, 0.6) is 5.75 Å². The number of aliphatic hydroxyl groups excluding tert-OH is 1. The van der Waals surface area contributed by atoms with Crippen molar-refractivity contribution in [1.29, 1.82) is 0 Å². The van der Waals surface area contributed by atoms with Crippen molar-refractivity contribution in [2.45, 2.75) is 65.1 Å². The maximum atomic E-state index is 11.9. The van der Waals surface area contributed by atoms with E-state index in [9.17, 15) is 19.7 Å². The molecule has 0 spiro atoms. The summed E-state index contributed by atoms with van der Waals surface area (Å²) in [6.07, 6.45) is 1.39. The molecule has 1 unspecified atom stereocenters. The fraction of sp³-hybridized carbons (Fsp3) is 0.600. The van der Waals surface area contributed by atoms with Crippen molar-refractivity contribution in [3.63, 3.8) is 0 Å². The van der Waals surface area contributed by atoms with Crippen LogP contribution in [0.3, 0.4) is 0 Å². The van der Waals surface area contributed by atoms with Crippen LogP contribution in [0, 0.1) is 5.92 Å². The number of aliphatic hydroxyl groups is 1. The second kappa shape index (κ2) is 11.2. The third kappa shape index (κ3) is 6.19. The van der Waals surface area contributed by atoms with Gasteiger partial charge in [-0.15, -0.1) is 0 Å². The van der Waals surface area contributed by atoms with E-state index in [1.165, 1.54) is 0 Å². The first-order valence-electron chi connectivity index (χ1n) is 10.1. The van der Waals surface area contributed by atoms with Crippen LogP contribution in [0.15, 0.2) is 18.2 Å². The summed E-state index contributed by atoms with van der Waals surface area (Å²) >= 11 is 0. The molecule has 0 aliphatic carbocycles. The second-order valence-electron chi connectivity index (χ2n) is 7.09. The molecule has 0 saturated heterocycles. The highest BCUT2D eigenvalue weighted by atomic mass is 16.7. The predicted molar refractivity (Wildman–Crippen MR) is 107 cm³/mol. The number of rotatable bonds is 10. The van der Waals surface area contributed by atoms with Gasteiger partial charge < -0.3 is 29.6 Å². The molecule has 29 heavy (non-hydrogen) atoms. The van der Waals surface area contributed by atoms with Crippen LogP contribution in [-0.4, -0.2) is 41.9 Å². The van der Waals surface area contributed by atoms with Crippen molar-refractivity contribution in [2.24, 2.45) is 5.92 Å². The number of fused-ring (bicyclic) bond motifs is 1. The van der Waals surface area contributed by atoms with Gasteiger partial charge in [0.2, 0.25) is 5.91 Å². The second-order valence-corrected chi connectivity index (χ2v) is 7.09. The van der Waals surface area contributed by atoms with E-state index in [0.717, 1.165) is 5.56 Å². The highest BCUT2D eigenvalue weighted by Gasteiger charge is 2.37. The minimum absolute atomic E-state index is 0.151. The first-order valence-corrected chi connectivity index (χ1v) is 10.1. The summed E-state index contributed by atoms with van der Waals surface area (Å²) < 4.78 is 15.9. The molecule has 0 bridgehead atoms. The standard InChI is InChI=1S/C20H30BNO7/c1-4-8-17(23)22-16-11-14-9-7-10-15(18(14)29-21(16)26)20(25)28-12-27-19(24)13(5-2)6-3/h7,9-10,13,16,20,25-26H,4-6,8,11-12H2,1-3H3,(H,22,23)/t16-,20?/m0/s1. The van der Waals surface area contributed by atoms with Gasteiger partial charge in [0.25, 0.3) is 0 Å². The fourth-order valence-electron chi connectivity index (χ4n) is 3.26. The van der Waals surface area contributed by atoms with E-state index in [0.29, 0.717) is 43.4 Å². The molecule has 0 aromatic heterocycles. The van der Waals surface area contributed by atoms with Crippen LogP contribution in [0.4, 0.5) is 0 Å². The van der Waals surface area contributed by atoms with Gasteiger partial charge >= 0.3 is 13.1 Å². The van der Waals surface area contributed by atoms with E-state index in [1.807, 2.05) is 20.8 Å². The van der Waals surface area contributed by atoms with Crippen LogP contribution in [0.25, 0.3) is 0 Å². The number of carbonyl (C=O) groups excluding carboxylic acids is 2. The lowest BCUT2D eigenvalue weighted by Gasteiger charge is -2.30. The molecule has 1 aliphatic heterocycles. The lowest BCUT2D eigenvalue weighted by molar-refractivity contribution is -0.190. The highest BCUT2D eigenvalue weighted by molar-refractivity contribution is 6.46. The van der Waals surface area contributed by atoms with Crippen molar-refractivity contribution < 1.29 is 33.8 Å². The molecule has 9 heteroatoms. The van der Waals surface area contributed by atoms with Crippen LogP contribution >= 0.6 is 0 Å². The van der Waals surface area contributed by atoms with Gasteiger partial charge in [-0.1, -0.05) is 39.0 Å². The van der Waals surface area contributed by atoms with Gasteiger partial charge in [-0.2, -0.15) is 0 Å². The third-order valence-electron chi connectivity index (χ3n) is 4.99. The smallest absolute Gasteiger partial charge is 0.534 e. The Kier molecular flexibility index (Phi) is 8.94. The Bertz CT molecular complexity index is 695. The molecule has 1 amide bonds. The monoisotopic (exact) mass is 407 g/mol. The molecule has 2 atom stereocenters. The molecule has 160 valence electrons. The SMILES string of the molecule is CCCC(=O)N[C@H]1Cc2cccc(C(O)OCOC(=O)C(CC)CC)c2OB1O. The normalized spacial score (nSPS) is 16.8. The Labute approximate surface area is 171 Å². The lowest BCUT2D eigenvalue weighted by atomic mass is 9.72. The van der Waals surface area contributed by atoms with Crippen LogP contribution in [-0.2, 0) is 25.5 Å². The van der Waals surface area contributed by atoms with Crippen molar-refractivity contribution >= 4 is 19.0 Å².